The Morgan fingerprint density at radius 3 is 2.47 bits per heavy atom. The molecule has 1 aliphatic heterocycles. The number of alkyl halides is 1. The van der Waals surface area contributed by atoms with Gasteiger partial charge >= 0.3 is 0 Å². The van der Waals surface area contributed by atoms with E-state index in [4.69, 9.17) is 27.9 Å². The Morgan fingerprint density at radius 2 is 1.82 bits per heavy atom. The molecule has 17 heavy (non-hydrogen) atoms. The minimum Gasteiger partial charge on any atom is -0.381 e. The van der Waals surface area contributed by atoms with Crippen LogP contribution in [0.15, 0.2) is 12.1 Å². The highest BCUT2D eigenvalue weighted by molar-refractivity contribution is 6.31. The minimum absolute atomic E-state index is 0.0786. The Bertz CT molecular complexity index is 397. The minimum atomic E-state index is 0.0786. The van der Waals surface area contributed by atoms with Gasteiger partial charge in [-0.1, -0.05) is 17.7 Å². The number of benzene rings is 1. The van der Waals surface area contributed by atoms with E-state index in [1.54, 1.807) is 0 Å². The first-order valence-electron chi connectivity index (χ1n) is 6.08. The number of ether oxygens (including phenoxy) is 1. The lowest BCUT2D eigenvalue weighted by Gasteiger charge is -2.27. The van der Waals surface area contributed by atoms with Gasteiger partial charge in [-0.3, -0.25) is 0 Å². The Labute approximate surface area is 113 Å². The first-order valence-corrected chi connectivity index (χ1v) is 6.89. The summed E-state index contributed by atoms with van der Waals surface area (Å²) >= 11 is 12.7. The quantitative estimate of drug-likeness (QED) is 0.712. The molecule has 1 saturated heterocycles. The SMILES string of the molecule is Cc1cc(C(Cl)C2CCOCC2)c(C)cc1Cl. The molecule has 1 aromatic rings. The van der Waals surface area contributed by atoms with E-state index >= 15 is 0 Å². The molecule has 1 atom stereocenters. The van der Waals surface area contributed by atoms with Crippen molar-refractivity contribution in [3.63, 3.8) is 0 Å². The molecule has 0 spiro atoms. The maximum absolute atomic E-state index is 6.62. The van der Waals surface area contributed by atoms with Gasteiger partial charge in [0.25, 0.3) is 0 Å². The standard InChI is InChI=1S/C14H18Cl2O/c1-9-8-13(15)10(2)7-12(9)14(16)11-3-5-17-6-4-11/h7-8,11,14H,3-6H2,1-2H3. The lowest BCUT2D eigenvalue weighted by Crippen LogP contribution is -2.20. The van der Waals surface area contributed by atoms with Crippen LogP contribution in [0.5, 0.6) is 0 Å². The van der Waals surface area contributed by atoms with Crippen molar-refractivity contribution in [2.75, 3.05) is 13.2 Å². The second-order valence-corrected chi connectivity index (χ2v) is 5.69. The van der Waals surface area contributed by atoms with Gasteiger partial charge in [0.2, 0.25) is 0 Å². The van der Waals surface area contributed by atoms with Crippen molar-refractivity contribution in [3.05, 3.63) is 33.8 Å². The Morgan fingerprint density at radius 1 is 1.18 bits per heavy atom. The maximum atomic E-state index is 6.62. The maximum Gasteiger partial charge on any atom is 0.0617 e. The molecule has 0 bridgehead atoms. The van der Waals surface area contributed by atoms with Gasteiger partial charge in [-0.15, -0.1) is 11.6 Å². The molecule has 0 aromatic heterocycles. The summed E-state index contributed by atoms with van der Waals surface area (Å²) in [7, 11) is 0. The molecule has 2 rings (SSSR count). The van der Waals surface area contributed by atoms with Crippen molar-refractivity contribution in [1.82, 2.24) is 0 Å². The first-order chi connectivity index (χ1) is 8.09. The molecule has 0 radical (unpaired) electrons. The first kappa shape index (κ1) is 13.2. The zero-order valence-corrected chi connectivity index (χ0v) is 11.8. The fraction of sp³-hybridized carbons (Fsp3) is 0.571. The van der Waals surface area contributed by atoms with Gasteiger partial charge in [0, 0.05) is 18.2 Å². The number of halogens is 2. The van der Waals surface area contributed by atoms with Crippen LogP contribution in [0.2, 0.25) is 5.02 Å². The van der Waals surface area contributed by atoms with Gasteiger partial charge in [0.15, 0.2) is 0 Å². The van der Waals surface area contributed by atoms with Gasteiger partial charge in [0.1, 0.15) is 0 Å². The molecule has 0 N–H and O–H groups in total. The molecule has 0 aliphatic carbocycles. The summed E-state index contributed by atoms with van der Waals surface area (Å²) in [6.07, 6.45) is 2.10. The average Bonchev–Trinajstić information content (AvgIpc) is 2.34. The lowest BCUT2D eigenvalue weighted by atomic mass is 9.89. The zero-order chi connectivity index (χ0) is 12.4. The third-order valence-electron chi connectivity index (χ3n) is 3.52. The molecule has 1 fully saturated rings. The van der Waals surface area contributed by atoms with Crippen molar-refractivity contribution < 1.29 is 4.74 Å². The van der Waals surface area contributed by atoms with Crippen LogP contribution in [-0.4, -0.2) is 13.2 Å². The number of hydrogen-bond acceptors (Lipinski definition) is 1. The Hall–Kier alpha value is -0.240. The average molecular weight is 273 g/mol. The molecule has 3 heteroatoms. The summed E-state index contributed by atoms with van der Waals surface area (Å²) in [5, 5.41) is 0.900. The lowest BCUT2D eigenvalue weighted by molar-refractivity contribution is 0.0650. The summed E-state index contributed by atoms with van der Waals surface area (Å²) in [4.78, 5) is 0. The molecule has 1 heterocycles. The van der Waals surface area contributed by atoms with Crippen LogP contribution in [0.1, 0.15) is 34.9 Å². The number of hydrogen-bond donors (Lipinski definition) is 0. The van der Waals surface area contributed by atoms with Crippen molar-refractivity contribution >= 4 is 23.2 Å². The van der Waals surface area contributed by atoms with E-state index in [0.29, 0.717) is 5.92 Å². The summed E-state index contributed by atoms with van der Waals surface area (Å²) in [5.41, 5.74) is 3.51. The smallest absolute Gasteiger partial charge is 0.0617 e. The van der Waals surface area contributed by atoms with Gasteiger partial charge in [-0.2, -0.15) is 0 Å². The summed E-state index contributed by atoms with van der Waals surface area (Å²) < 4.78 is 5.38. The van der Waals surface area contributed by atoms with Crippen LogP contribution >= 0.6 is 23.2 Å². The Kier molecular flexibility index (Phi) is 4.35. The summed E-state index contributed by atoms with van der Waals surface area (Å²) in [6.45, 7) is 5.77. The molecule has 1 nitrogen and oxygen atoms in total. The fourth-order valence-corrected chi connectivity index (χ4v) is 3.07. The predicted molar refractivity (Wildman–Crippen MR) is 73.1 cm³/mol. The normalized spacial score (nSPS) is 19.3. The van der Waals surface area contributed by atoms with E-state index in [9.17, 15) is 0 Å². The largest absolute Gasteiger partial charge is 0.381 e. The highest BCUT2D eigenvalue weighted by Gasteiger charge is 2.25. The van der Waals surface area contributed by atoms with Crippen LogP contribution in [-0.2, 0) is 4.74 Å². The van der Waals surface area contributed by atoms with Crippen molar-refractivity contribution in [2.45, 2.75) is 32.1 Å². The molecule has 0 saturated carbocycles. The number of rotatable bonds is 2. The van der Waals surface area contributed by atoms with Gasteiger partial charge < -0.3 is 4.74 Å². The van der Waals surface area contributed by atoms with E-state index in [0.717, 1.165) is 36.6 Å². The zero-order valence-electron chi connectivity index (χ0n) is 10.3. The summed E-state index contributed by atoms with van der Waals surface area (Å²) in [5.74, 6) is 0.518. The monoisotopic (exact) mass is 272 g/mol. The van der Waals surface area contributed by atoms with E-state index in [1.807, 2.05) is 13.0 Å². The van der Waals surface area contributed by atoms with Crippen LogP contribution in [0.25, 0.3) is 0 Å². The van der Waals surface area contributed by atoms with Crippen LogP contribution in [0.3, 0.4) is 0 Å². The second kappa shape index (κ2) is 5.60. The van der Waals surface area contributed by atoms with Crippen LogP contribution < -0.4 is 0 Å². The van der Waals surface area contributed by atoms with Gasteiger partial charge in [-0.05, 0) is 55.4 Å². The van der Waals surface area contributed by atoms with Crippen LogP contribution in [0.4, 0.5) is 0 Å². The highest BCUT2D eigenvalue weighted by atomic mass is 35.5. The molecule has 1 unspecified atom stereocenters. The third-order valence-corrected chi connectivity index (χ3v) is 4.52. The van der Waals surface area contributed by atoms with Crippen molar-refractivity contribution in [2.24, 2.45) is 5.92 Å². The van der Waals surface area contributed by atoms with E-state index in [2.05, 4.69) is 13.0 Å². The predicted octanol–water partition coefficient (Wildman–Crippen LogP) is 4.66. The van der Waals surface area contributed by atoms with Gasteiger partial charge in [-0.25, -0.2) is 0 Å². The third kappa shape index (κ3) is 2.96. The highest BCUT2D eigenvalue weighted by Crippen LogP contribution is 2.38. The molecule has 94 valence electrons. The van der Waals surface area contributed by atoms with Crippen molar-refractivity contribution in [3.8, 4) is 0 Å². The molecule has 1 aliphatic rings. The molecule has 1 aromatic carbocycles. The van der Waals surface area contributed by atoms with E-state index < -0.39 is 0 Å². The Balaban J connectivity index is 2.23. The number of aryl methyl sites for hydroxylation is 2. The van der Waals surface area contributed by atoms with Gasteiger partial charge in [0.05, 0.1) is 5.38 Å². The molecular formula is C14H18Cl2O. The van der Waals surface area contributed by atoms with E-state index in [1.165, 1.54) is 11.1 Å². The molecular weight excluding hydrogens is 255 g/mol. The van der Waals surface area contributed by atoms with E-state index in [-0.39, 0.29) is 5.38 Å². The second-order valence-electron chi connectivity index (χ2n) is 4.81. The molecule has 0 amide bonds. The van der Waals surface area contributed by atoms with Crippen LogP contribution in [0, 0.1) is 19.8 Å². The summed E-state index contributed by atoms with van der Waals surface area (Å²) in [6, 6.07) is 4.14. The fourth-order valence-electron chi connectivity index (χ4n) is 2.36. The van der Waals surface area contributed by atoms with Crippen molar-refractivity contribution in [1.29, 1.82) is 0 Å². The topological polar surface area (TPSA) is 9.23 Å².